The minimum Gasteiger partial charge on any atom is -0.293 e. The number of ketones is 1. The number of carbonyl (C=O) groups is 1. The van der Waals surface area contributed by atoms with Gasteiger partial charge >= 0.3 is 0 Å². The van der Waals surface area contributed by atoms with Crippen molar-refractivity contribution in [3.63, 3.8) is 0 Å². The predicted octanol–water partition coefficient (Wildman–Crippen LogP) is 4.33. The maximum absolute atomic E-state index is 12.7. The Hall–Kier alpha value is -1.15. The van der Waals surface area contributed by atoms with Crippen LogP contribution in [0.3, 0.4) is 0 Å². The van der Waals surface area contributed by atoms with E-state index in [0.717, 1.165) is 12.0 Å². The summed E-state index contributed by atoms with van der Waals surface area (Å²) in [7, 11) is 2.12. The molecule has 3 atom stereocenters. The van der Waals surface area contributed by atoms with E-state index in [-0.39, 0.29) is 11.8 Å². The number of aryl methyl sites for hydroxylation is 1. The summed E-state index contributed by atoms with van der Waals surface area (Å²) in [6, 6.07) is 8.62. The Morgan fingerprint density at radius 2 is 1.86 bits per heavy atom. The van der Waals surface area contributed by atoms with Crippen molar-refractivity contribution in [1.82, 2.24) is 4.90 Å². The molecule has 1 aromatic rings. The van der Waals surface area contributed by atoms with Crippen LogP contribution in [0.4, 0.5) is 0 Å². The van der Waals surface area contributed by atoms with Crippen LogP contribution in [-0.4, -0.2) is 29.8 Å². The number of carbonyl (C=O) groups excluding carboxylic acids is 1. The molecule has 0 N–H and O–H groups in total. The van der Waals surface area contributed by atoms with E-state index in [2.05, 4.69) is 44.9 Å². The molecular formula is C19H29NO. The zero-order chi connectivity index (χ0) is 15.4. The van der Waals surface area contributed by atoms with Gasteiger partial charge in [-0.2, -0.15) is 0 Å². The van der Waals surface area contributed by atoms with Crippen molar-refractivity contribution >= 4 is 5.78 Å². The van der Waals surface area contributed by atoms with Gasteiger partial charge in [0.15, 0.2) is 5.78 Å². The summed E-state index contributed by atoms with van der Waals surface area (Å²) in [5.74, 6) is 0.944. The number of nitrogens with zero attached hydrogens (tertiary/aromatic N) is 1. The number of hydrogen-bond acceptors (Lipinski definition) is 2. The molecule has 1 aliphatic carbocycles. The number of Topliss-reactive ketones (excluding diaryl/α,β-unsaturated/α-hetero) is 1. The largest absolute Gasteiger partial charge is 0.293 e. The van der Waals surface area contributed by atoms with Crippen LogP contribution in [0.25, 0.3) is 0 Å². The van der Waals surface area contributed by atoms with E-state index < -0.39 is 0 Å². The fraction of sp³-hybridized carbons (Fsp3) is 0.632. The molecular weight excluding hydrogens is 258 g/mol. The first-order valence-electron chi connectivity index (χ1n) is 8.39. The molecule has 0 aromatic heterocycles. The standard InChI is InChI=1S/C19H29NO/c1-5-16-10-12-17(13-11-16)19(21)15(3)20(4)18-9-7-6-8-14(18)2/h10-15,18H,5-9H2,1-4H3. The Kier molecular flexibility index (Phi) is 5.58. The van der Waals surface area contributed by atoms with Crippen molar-refractivity contribution < 1.29 is 4.79 Å². The second kappa shape index (κ2) is 7.22. The van der Waals surface area contributed by atoms with E-state index in [1.807, 2.05) is 12.1 Å². The van der Waals surface area contributed by atoms with Crippen molar-refractivity contribution in [3.8, 4) is 0 Å². The monoisotopic (exact) mass is 287 g/mol. The van der Waals surface area contributed by atoms with Crippen molar-refractivity contribution in [2.24, 2.45) is 5.92 Å². The van der Waals surface area contributed by atoms with Crippen LogP contribution in [0, 0.1) is 5.92 Å². The maximum atomic E-state index is 12.7. The molecule has 0 amide bonds. The number of likely N-dealkylation sites (N-methyl/N-ethyl adjacent to an activating group) is 1. The molecule has 2 nitrogen and oxygen atoms in total. The molecule has 0 bridgehead atoms. The summed E-state index contributed by atoms with van der Waals surface area (Å²) in [5, 5.41) is 0. The van der Waals surface area contributed by atoms with Crippen molar-refractivity contribution in [2.45, 2.75) is 65.0 Å². The molecule has 21 heavy (non-hydrogen) atoms. The average molecular weight is 287 g/mol. The SMILES string of the molecule is CCc1ccc(C(=O)C(C)N(C)C2CCCCC2C)cc1. The van der Waals surface area contributed by atoms with Crippen LogP contribution in [-0.2, 0) is 6.42 Å². The third kappa shape index (κ3) is 3.74. The fourth-order valence-electron chi connectivity index (χ4n) is 3.52. The Morgan fingerprint density at radius 1 is 1.24 bits per heavy atom. The van der Waals surface area contributed by atoms with E-state index in [1.165, 1.54) is 31.2 Å². The van der Waals surface area contributed by atoms with Gasteiger partial charge in [0.2, 0.25) is 0 Å². The molecule has 1 aromatic carbocycles. The topological polar surface area (TPSA) is 20.3 Å². The molecule has 3 unspecified atom stereocenters. The summed E-state index contributed by atoms with van der Waals surface area (Å²) in [5.41, 5.74) is 2.13. The van der Waals surface area contributed by atoms with Gasteiger partial charge in [-0.05, 0) is 44.7 Å². The number of hydrogen-bond donors (Lipinski definition) is 0. The summed E-state index contributed by atoms with van der Waals surface area (Å²) in [6.07, 6.45) is 6.17. The van der Waals surface area contributed by atoms with Crippen molar-refractivity contribution in [2.75, 3.05) is 7.05 Å². The highest BCUT2D eigenvalue weighted by Gasteiger charge is 2.30. The first-order chi connectivity index (χ1) is 10.0. The van der Waals surface area contributed by atoms with E-state index in [0.29, 0.717) is 12.0 Å². The number of benzene rings is 1. The van der Waals surface area contributed by atoms with Crippen LogP contribution >= 0.6 is 0 Å². The fourth-order valence-corrected chi connectivity index (χ4v) is 3.52. The van der Waals surface area contributed by atoms with Crippen molar-refractivity contribution in [3.05, 3.63) is 35.4 Å². The Bertz CT molecular complexity index is 465. The third-order valence-electron chi connectivity index (χ3n) is 5.23. The quantitative estimate of drug-likeness (QED) is 0.751. The summed E-state index contributed by atoms with van der Waals surface area (Å²) < 4.78 is 0. The molecule has 0 aliphatic heterocycles. The minimum absolute atomic E-state index is 0.0389. The van der Waals surface area contributed by atoms with Gasteiger partial charge < -0.3 is 0 Å². The van der Waals surface area contributed by atoms with E-state index in [1.54, 1.807) is 0 Å². The van der Waals surface area contributed by atoms with Gasteiger partial charge in [0.05, 0.1) is 6.04 Å². The second-order valence-corrected chi connectivity index (χ2v) is 6.59. The van der Waals surface area contributed by atoms with Gasteiger partial charge in [-0.15, -0.1) is 0 Å². The lowest BCUT2D eigenvalue weighted by atomic mass is 9.84. The van der Waals surface area contributed by atoms with E-state index in [4.69, 9.17) is 0 Å². The third-order valence-corrected chi connectivity index (χ3v) is 5.23. The molecule has 1 aliphatic rings. The molecule has 2 rings (SSSR count). The van der Waals surface area contributed by atoms with Crippen LogP contribution in [0.2, 0.25) is 0 Å². The summed E-state index contributed by atoms with van der Waals surface area (Å²) >= 11 is 0. The van der Waals surface area contributed by atoms with E-state index >= 15 is 0 Å². The van der Waals surface area contributed by atoms with Crippen LogP contribution in [0.5, 0.6) is 0 Å². The smallest absolute Gasteiger partial charge is 0.179 e. The molecule has 0 saturated heterocycles. The predicted molar refractivity (Wildman–Crippen MR) is 88.8 cm³/mol. The Morgan fingerprint density at radius 3 is 2.43 bits per heavy atom. The molecule has 0 heterocycles. The summed E-state index contributed by atoms with van der Waals surface area (Å²) in [6.45, 7) is 6.52. The van der Waals surface area contributed by atoms with Crippen LogP contribution in [0.15, 0.2) is 24.3 Å². The zero-order valence-electron chi connectivity index (χ0n) is 13.9. The molecule has 116 valence electrons. The second-order valence-electron chi connectivity index (χ2n) is 6.59. The summed E-state index contributed by atoms with van der Waals surface area (Å²) in [4.78, 5) is 15.0. The molecule has 0 radical (unpaired) electrons. The lowest BCUT2D eigenvalue weighted by Gasteiger charge is -2.39. The lowest BCUT2D eigenvalue weighted by molar-refractivity contribution is 0.0692. The van der Waals surface area contributed by atoms with Crippen LogP contribution < -0.4 is 0 Å². The van der Waals surface area contributed by atoms with Crippen LogP contribution in [0.1, 0.15) is 62.4 Å². The normalized spacial score (nSPS) is 24.0. The highest BCUT2D eigenvalue weighted by Crippen LogP contribution is 2.29. The highest BCUT2D eigenvalue weighted by atomic mass is 16.1. The minimum atomic E-state index is -0.0389. The van der Waals surface area contributed by atoms with Gasteiger partial charge in [0.1, 0.15) is 0 Å². The Balaban J connectivity index is 2.06. The number of rotatable bonds is 5. The molecule has 1 fully saturated rings. The highest BCUT2D eigenvalue weighted by molar-refractivity contribution is 5.99. The maximum Gasteiger partial charge on any atom is 0.179 e. The molecule has 1 saturated carbocycles. The van der Waals surface area contributed by atoms with Gasteiger partial charge in [0.25, 0.3) is 0 Å². The Labute approximate surface area is 129 Å². The lowest BCUT2D eigenvalue weighted by Crippen LogP contribution is -2.47. The van der Waals surface area contributed by atoms with E-state index in [9.17, 15) is 4.79 Å². The molecule has 2 heteroatoms. The first-order valence-corrected chi connectivity index (χ1v) is 8.39. The van der Waals surface area contributed by atoms with Gasteiger partial charge in [0, 0.05) is 11.6 Å². The zero-order valence-corrected chi connectivity index (χ0v) is 13.9. The molecule has 0 spiro atoms. The van der Waals surface area contributed by atoms with Crippen molar-refractivity contribution in [1.29, 1.82) is 0 Å². The van der Waals surface area contributed by atoms with Gasteiger partial charge in [-0.25, -0.2) is 0 Å². The van der Waals surface area contributed by atoms with Gasteiger partial charge in [-0.1, -0.05) is 51.0 Å². The first kappa shape index (κ1) is 16.2. The van der Waals surface area contributed by atoms with Gasteiger partial charge in [-0.3, -0.25) is 9.69 Å². The average Bonchev–Trinajstić information content (AvgIpc) is 2.53.